The van der Waals surface area contributed by atoms with Crippen molar-refractivity contribution in [2.75, 3.05) is 37.6 Å². The number of halogens is 1. The molecule has 1 N–H and O–H groups in total. The van der Waals surface area contributed by atoms with Crippen molar-refractivity contribution < 1.29 is 0 Å². The van der Waals surface area contributed by atoms with E-state index in [9.17, 15) is 0 Å². The zero-order chi connectivity index (χ0) is 17.8. The van der Waals surface area contributed by atoms with Crippen LogP contribution in [0.15, 0.2) is 23.5 Å². The molecule has 6 nitrogen and oxygen atoms in total. The van der Waals surface area contributed by atoms with Crippen LogP contribution in [0.1, 0.15) is 45.4 Å². The van der Waals surface area contributed by atoms with Crippen LogP contribution in [0.2, 0.25) is 0 Å². The van der Waals surface area contributed by atoms with Gasteiger partial charge in [-0.05, 0) is 31.2 Å². The average Bonchev–Trinajstić information content (AvgIpc) is 3.48. The van der Waals surface area contributed by atoms with Crippen molar-refractivity contribution in [2.45, 2.75) is 51.5 Å². The smallest absolute Gasteiger partial charge is 0.225 e. The lowest BCUT2D eigenvalue weighted by Gasteiger charge is -2.36. The van der Waals surface area contributed by atoms with Crippen LogP contribution in [0.3, 0.4) is 0 Å². The predicted octanol–water partition coefficient (Wildman–Crippen LogP) is 3.15. The van der Waals surface area contributed by atoms with Crippen molar-refractivity contribution in [3.63, 3.8) is 0 Å². The lowest BCUT2D eigenvalue weighted by molar-refractivity contribution is 0.313. The third-order valence-corrected chi connectivity index (χ3v) is 6.13. The molecular formula is C20H33IN6. The molecule has 1 aliphatic heterocycles. The second-order valence-electron chi connectivity index (χ2n) is 7.87. The maximum absolute atomic E-state index is 4.79. The van der Waals surface area contributed by atoms with Crippen LogP contribution >= 0.6 is 24.0 Å². The molecule has 1 saturated heterocycles. The number of aliphatic imine (C=N–C) groups is 1. The van der Waals surface area contributed by atoms with E-state index < -0.39 is 0 Å². The standard InChI is InChI=1S/C20H32N6.HI/c1-2-21-20(24-18-15-17(18)16-7-4-3-5-8-16)26-13-11-25(12-14-26)19-22-9-6-10-23-19;/h6,9-10,16-18H,2-5,7-8,11-15H2,1H3,(H,21,24);1H. The molecule has 2 aliphatic carbocycles. The third kappa shape index (κ3) is 5.23. The summed E-state index contributed by atoms with van der Waals surface area (Å²) < 4.78 is 0. The van der Waals surface area contributed by atoms with Crippen molar-refractivity contribution in [3.05, 3.63) is 18.5 Å². The topological polar surface area (TPSA) is 56.7 Å². The monoisotopic (exact) mass is 484 g/mol. The fourth-order valence-electron chi connectivity index (χ4n) is 4.59. The molecule has 27 heavy (non-hydrogen) atoms. The minimum atomic E-state index is 0. The minimum absolute atomic E-state index is 0. The molecule has 3 aliphatic rings. The van der Waals surface area contributed by atoms with Crippen molar-refractivity contribution in [3.8, 4) is 0 Å². The Bertz CT molecular complexity index is 596. The number of anilines is 1. The highest BCUT2D eigenvalue weighted by Crippen LogP contribution is 2.44. The van der Waals surface area contributed by atoms with Gasteiger partial charge >= 0.3 is 0 Å². The average molecular weight is 484 g/mol. The molecule has 4 rings (SSSR count). The van der Waals surface area contributed by atoms with Gasteiger partial charge in [0.25, 0.3) is 0 Å². The highest BCUT2D eigenvalue weighted by molar-refractivity contribution is 14.0. The molecule has 3 fully saturated rings. The molecule has 1 aromatic rings. The van der Waals surface area contributed by atoms with Crippen molar-refractivity contribution >= 4 is 35.9 Å². The van der Waals surface area contributed by atoms with E-state index in [2.05, 4.69) is 32.0 Å². The number of aromatic nitrogens is 2. The van der Waals surface area contributed by atoms with Gasteiger partial charge in [0.15, 0.2) is 5.96 Å². The number of hydrogen-bond donors (Lipinski definition) is 1. The molecule has 150 valence electrons. The van der Waals surface area contributed by atoms with Gasteiger partial charge in [0, 0.05) is 51.2 Å². The Labute approximate surface area is 180 Å². The first-order valence-corrected chi connectivity index (χ1v) is 10.4. The largest absolute Gasteiger partial charge is 0.353 e. The highest BCUT2D eigenvalue weighted by atomic mass is 127. The van der Waals surface area contributed by atoms with Gasteiger partial charge in [0.2, 0.25) is 5.95 Å². The third-order valence-electron chi connectivity index (χ3n) is 6.13. The second kappa shape index (κ2) is 9.89. The normalized spacial score (nSPS) is 26.5. The fourth-order valence-corrected chi connectivity index (χ4v) is 4.59. The minimum Gasteiger partial charge on any atom is -0.353 e. The van der Waals surface area contributed by atoms with E-state index in [1.807, 2.05) is 18.5 Å². The molecule has 0 amide bonds. The quantitative estimate of drug-likeness (QED) is 0.405. The Hall–Kier alpha value is -1.12. The summed E-state index contributed by atoms with van der Waals surface area (Å²) in [4.78, 5) is 18.2. The summed E-state index contributed by atoms with van der Waals surface area (Å²) in [5.41, 5.74) is 0. The van der Waals surface area contributed by atoms with Gasteiger partial charge in [-0.2, -0.15) is 0 Å². The van der Waals surface area contributed by atoms with Crippen LogP contribution in [0, 0.1) is 11.8 Å². The molecule has 0 radical (unpaired) electrons. The number of piperazine rings is 1. The van der Waals surface area contributed by atoms with E-state index in [-0.39, 0.29) is 24.0 Å². The van der Waals surface area contributed by atoms with E-state index in [1.165, 1.54) is 38.5 Å². The fraction of sp³-hybridized carbons (Fsp3) is 0.750. The van der Waals surface area contributed by atoms with Gasteiger partial charge in [0.05, 0.1) is 0 Å². The second-order valence-corrected chi connectivity index (χ2v) is 7.87. The zero-order valence-electron chi connectivity index (χ0n) is 16.4. The number of rotatable bonds is 4. The van der Waals surface area contributed by atoms with Gasteiger partial charge in [0.1, 0.15) is 0 Å². The SMILES string of the molecule is CCN=C(NC1CC1C1CCCCC1)N1CCN(c2ncccn2)CC1.I. The summed E-state index contributed by atoms with van der Waals surface area (Å²) in [5, 5.41) is 3.79. The zero-order valence-corrected chi connectivity index (χ0v) is 18.7. The van der Waals surface area contributed by atoms with Crippen molar-refractivity contribution in [1.29, 1.82) is 0 Å². The van der Waals surface area contributed by atoms with E-state index in [0.29, 0.717) is 6.04 Å². The summed E-state index contributed by atoms with van der Waals surface area (Å²) in [6.45, 7) is 6.82. The Morgan fingerprint density at radius 3 is 2.48 bits per heavy atom. The van der Waals surface area contributed by atoms with Crippen LogP contribution in [-0.2, 0) is 0 Å². The molecular weight excluding hydrogens is 451 g/mol. The molecule has 7 heteroatoms. The Kier molecular flexibility index (Phi) is 7.55. The number of guanidine groups is 1. The van der Waals surface area contributed by atoms with Gasteiger partial charge in [-0.1, -0.05) is 32.1 Å². The first-order chi connectivity index (χ1) is 12.8. The van der Waals surface area contributed by atoms with E-state index >= 15 is 0 Å². The first-order valence-electron chi connectivity index (χ1n) is 10.4. The van der Waals surface area contributed by atoms with Crippen LogP contribution < -0.4 is 10.2 Å². The van der Waals surface area contributed by atoms with Crippen LogP contribution in [0.5, 0.6) is 0 Å². The van der Waals surface area contributed by atoms with E-state index in [4.69, 9.17) is 4.99 Å². The van der Waals surface area contributed by atoms with Crippen LogP contribution in [0.4, 0.5) is 5.95 Å². The number of nitrogens with one attached hydrogen (secondary N) is 1. The van der Waals surface area contributed by atoms with Gasteiger partial charge < -0.3 is 15.1 Å². The molecule has 2 saturated carbocycles. The van der Waals surface area contributed by atoms with E-state index in [1.54, 1.807) is 0 Å². The van der Waals surface area contributed by atoms with Gasteiger partial charge in [-0.15, -0.1) is 24.0 Å². The number of nitrogens with zero attached hydrogens (tertiary/aromatic N) is 5. The maximum Gasteiger partial charge on any atom is 0.225 e. The molecule has 2 unspecified atom stereocenters. The van der Waals surface area contributed by atoms with Gasteiger partial charge in [-0.25, -0.2) is 9.97 Å². The number of hydrogen-bond acceptors (Lipinski definition) is 4. The summed E-state index contributed by atoms with van der Waals surface area (Å²) in [5.74, 6) is 3.80. The molecule has 2 atom stereocenters. The summed E-state index contributed by atoms with van der Waals surface area (Å²) >= 11 is 0. The Morgan fingerprint density at radius 2 is 1.81 bits per heavy atom. The molecule has 0 bridgehead atoms. The van der Waals surface area contributed by atoms with Crippen molar-refractivity contribution in [2.24, 2.45) is 16.8 Å². The summed E-state index contributed by atoms with van der Waals surface area (Å²) in [7, 11) is 0. The molecule has 0 spiro atoms. The molecule has 1 aromatic heterocycles. The lowest BCUT2D eigenvalue weighted by atomic mass is 9.85. The van der Waals surface area contributed by atoms with Gasteiger partial charge in [-0.3, -0.25) is 4.99 Å². The van der Waals surface area contributed by atoms with Crippen LogP contribution in [-0.4, -0.2) is 59.6 Å². The Balaban J connectivity index is 0.00000210. The first kappa shape index (κ1) is 20.6. The highest BCUT2D eigenvalue weighted by Gasteiger charge is 2.44. The predicted molar refractivity (Wildman–Crippen MR) is 121 cm³/mol. The maximum atomic E-state index is 4.79. The van der Waals surface area contributed by atoms with E-state index in [0.717, 1.165) is 56.5 Å². The molecule has 2 heterocycles. The summed E-state index contributed by atoms with van der Waals surface area (Å²) in [6, 6.07) is 2.52. The molecule has 0 aromatic carbocycles. The lowest BCUT2D eigenvalue weighted by Crippen LogP contribution is -2.53. The summed E-state index contributed by atoms with van der Waals surface area (Å²) in [6.07, 6.45) is 12.2. The Morgan fingerprint density at radius 1 is 1.11 bits per heavy atom. The van der Waals surface area contributed by atoms with Crippen molar-refractivity contribution in [1.82, 2.24) is 20.2 Å². The van der Waals surface area contributed by atoms with Crippen LogP contribution in [0.25, 0.3) is 0 Å².